The average molecular weight is 438 g/mol. The highest BCUT2D eigenvalue weighted by Crippen LogP contribution is 2.32. The van der Waals surface area contributed by atoms with Gasteiger partial charge in [0.2, 0.25) is 0 Å². The maximum absolute atomic E-state index is 12.7. The second kappa shape index (κ2) is 8.58. The van der Waals surface area contributed by atoms with Crippen LogP contribution in [0.4, 0.5) is 5.69 Å². The minimum Gasteiger partial charge on any atom is -0.397 e. The first-order valence-corrected chi connectivity index (χ1v) is 10.7. The minimum atomic E-state index is -0.330. The summed E-state index contributed by atoms with van der Waals surface area (Å²) < 4.78 is 0. The molecule has 0 saturated carbocycles. The molecule has 1 aliphatic rings. The van der Waals surface area contributed by atoms with Crippen molar-refractivity contribution < 1.29 is 4.79 Å². The van der Waals surface area contributed by atoms with E-state index < -0.39 is 0 Å². The Balaban J connectivity index is 1.42. The van der Waals surface area contributed by atoms with Crippen LogP contribution in [0, 0.1) is 0 Å². The molecule has 0 bridgehead atoms. The summed E-state index contributed by atoms with van der Waals surface area (Å²) in [7, 11) is 0. The van der Waals surface area contributed by atoms with E-state index in [1.807, 2.05) is 42.5 Å². The lowest BCUT2D eigenvalue weighted by atomic mass is 10.1. The molecule has 8 heteroatoms. The maximum Gasteiger partial charge on any atom is 0.276 e. The van der Waals surface area contributed by atoms with Crippen molar-refractivity contribution in [1.29, 1.82) is 0 Å². The lowest BCUT2D eigenvalue weighted by Crippen LogP contribution is -2.26. The smallest absolute Gasteiger partial charge is 0.276 e. The van der Waals surface area contributed by atoms with Crippen LogP contribution >= 0.6 is 0 Å². The van der Waals surface area contributed by atoms with Gasteiger partial charge in [0.1, 0.15) is 0 Å². The zero-order chi connectivity index (χ0) is 22.8. The second-order valence-electron chi connectivity index (χ2n) is 7.77. The normalized spacial score (nSPS) is 12.8. The molecule has 3 heterocycles. The quantitative estimate of drug-likeness (QED) is 0.381. The number of aromatic nitrogens is 4. The van der Waals surface area contributed by atoms with Crippen molar-refractivity contribution in [3.8, 4) is 11.4 Å². The molecule has 0 fully saturated rings. The van der Waals surface area contributed by atoms with Gasteiger partial charge in [-0.1, -0.05) is 30.4 Å². The molecule has 4 aromatic rings. The van der Waals surface area contributed by atoms with Crippen molar-refractivity contribution in [2.45, 2.75) is 12.8 Å². The number of benzene rings is 1. The number of carbonyl (C=O) groups excluding carboxylic acids is 1. The zero-order valence-electron chi connectivity index (χ0n) is 17.8. The number of amides is 1. The lowest BCUT2D eigenvalue weighted by Gasteiger charge is -2.05. The van der Waals surface area contributed by atoms with Crippen LogP contribution in [0.1, 0.15) is 17.0 Å². The Kier molecular flexibility index (Phi) is 5.32. The van der Waals surface area contributed by atoms with E-state index in [2.05, 4.69) is 25.3 Å². The standard InChI is InChI=1S/C25H22N6O2/c26-21-17-8-5-6-15(24(32)28-13-11-16-7-3-4-12-27-16)14-20(17)30-22(21)23-25(33)31-19-10-2-1-9-18(19)29-23/h1-7,9-10,12,14,30H,8,11,13,26H2,(H,28,32)(H,31,33). The van der Waals surface area contributed by atoms with Crippen molar-refractivity contribution in [3.05, 3.63) is 93.7 Å². The molecule has 33 heavy (non-hydrogen) atoms. The van der Waals surface area contributed by atoms with Crippen LogP contribution in [0.15, 0.2) is 71.2 Å². The summed E-state index contributed by atoms with van der Waals surface area (Å²) in [5.41, 5.74) is 11.5. The molecule has 1 aliphatic carbocycles. The first-order chi connectivity index (χ1) is 16.1. The number of allylic oxidation sites excluding steroid dienone is 1. The SMILES string of the molecule is Nc1c(-c2nc3ccccc3[nH]c2=O)[nH]c2c1CC=CC(C(=O)NCCc1ccccn1)=C2. The second-order valence-corrected chi connectivity index (χ2v) is 7.77. The summed E-state index contributed by atoms with van der Waals surface area (Å²) in [4.78, 5) is 40.3. The molecule has 0 saturated heterocycles. The first kappa shape index (κ1) is 20.4. The molecule has 1 aromatic carbocycles. The van der Waals surface area contributed by atoms with Gasteiger partial charge in [-0.25, -0.2) is 4.98 Å². The summed E-state index contributed by atoms with van der Waals surface area (Å²) in [6.07, 6.45) is 8.34. The fourth-order valence-electron chi connectivity index (χ4n) is 3.90. The highest BCUT2D eigenvalue weighted by atomic mass is 16.1. The van der Waals surface area contributed by atoms with Crippen LogP contribution in [0.2, 0.25) is 0 Å². The minimum absolute atomic E-state index is 0.188. The molecule has 3 aromatic heterocycles. The van der Waals surface area contributed by atoms with Crippen LogP contribution in [0.3, 0.4) is 0 Å². The highest BCUT2D eigenvalue weighted by molar-refractivity contribution is 6.01. The molecule has 164 valence electrons. The van der Waals surface area contributed by atoms with Crippen LogP contribution in [0.25, 0.3) is 28.5 Å². The summed E-state index contributed by atoms with van der Waals surface area (Å²) in [5.74, 6) is -0.188. The van der Waals surface area contributed by atoms with E-state index in [9.17, 15) is 9.59 Å². The number of aromatic amines is 2. The van der Waals surface area contributed by atoms with Crippen molar-refractivity contribution in [2.75, 3.05) is 12.3 Å². The number of nitrogens with two attached hydrogens (primary N) is 1. The Morgan fingerprint density at radius 3 is 2.82 bits per heavy atom. The van der Waals surface area contributed by atoms with Gasteiger partial charge < -0.3 is 21.0 Å². The summed E-state index contributed by atoms with van der Waals surface area (Å²) in [5, 5.41) is 2.93. The number of anilines is 1. The van der Waals surface area contributed by atoms with E-state index in [-0.39, 0.29) is 17.2 Å². The molecule has 0 unspecified atom stereocenters. The van der Waals surface area contributed by atoms with E-state index in [0.717, 1.165) is 11.3 Å². The van der Waals surface area contributed by atoms with Crippen molar-refractivity contribution >= 4 is 28.7 Å². The van der Waals surface area contributed by atoms with Gasteiger partial charge in [-0.15, -0.1) is 0 Å². The molecule has 0 spiro atoms. The van der Waals surface area contributed by atoms with E-state index in [0.29, 0.717) is 53.1 Å². The van der Waals surface area contributed by atoms with E-state index in [1.54, 1.807) is 24.4 Å². The number of hydrogen-bond acceptors (Lipinski definition) is 5. The molecular weight excluding hydrogens is 416 g/mol. The van der Waals surface area contributed by atoms with Crippen LogP contribution in [-0.2, 0) is 17.6 Å². The van der Waals surface area contributed by atoms with Gasteiger partial charge in [-0.3, -0.25) is 14.6 Å². The van der Waals surface area contributed by atoms with Gasteiger partial charge in [0, 0.05) is 41.7 Å². The van der Waals surface area contributed by atoms with Crippen molar-refractivity contribution in [2.24, 2.45) is 0 Å². The van der Waals surface area contributed by atoms with Crippen molar-refractivity contribution in [1.82, 2.24) is 25.3 Å². The molecule has 0 aliphatic heterocycles. The number of H-pyrrole nitrogens is 2. The average Bonchev–Trinajstić information content (AvgIpc) is 2.99. The third-order valence-corrected chi connectivity index (χ3v) is 5.59. The molecular formula is C25H22N6O2. The summed E-state index contributed by atoms with van der Waals surface area (Å²) in [6.45, 7) is 0.475. The molecule has 5 rings (SSSR count). The van der Waals surface area contributed by atoms with E-state index in [4.69, 9.17) is 5.73 Å². The topological polar surface area (TPSA) is 130 Å². The third kappa shape index (κ3) is 4.06. The highest BCUT2D eigenvalue weighted by Gasteiger charge is 2.21. The molecule has 0 atom stereocenters. The number of nitrogens with zero attached hydrogens (tertiary/aromatic N) is 2. The zero-order valence-corrected chi connectivity index (χ0v) is 17.8. The number of nitrogen functional groups attached to an aromatic ring is 1. The predicted molar refractivity (Wildman–Crippen MR) is 128 cm³/mol. The number of nitrogens with one attached hydrogen (secondary N) is 3. The third-order valence-electron chi connectivity index (χ3n) is 5.59. The van der Waals surface area contributed by atoms with Gasteiger partial charge in [0.05, 0.1) is 22.4 Å². The molecule has 8 nitrogen and oxygen atoms in total. The van der Waals surface area contributed by atoms with Gasteiger partial charge in [-0.2, -0.15) is 0 Å². The van der Waals surface area contributed by atoms with E-state index in [1.165, 1.54) is 0 Å². The summed E-state index contributed by atoms with van der Waals surface area (Å²) in [6, 6.07) is 13.0. The van der Waals surface area contributed by atoms with Gasteiger partial charge >= 0.3 is 0 Å². The predicted octanol–water partition coefficient (Wildman–Crippen LogP) is 2.75. The Morgan fingerprint density at radius 1 is 1.12 bits per heavy atom. The molecule has 1 amide bonds. The van der Waals surface area contributed by atoms with Crippen LogP contribution in [-0.4, -0.2) is 32.4 Å². The summed E-state index contributed by atoms with van der Waals surface area (Å²) >= 11 is 0. The van der Waals surface area contributed by atoms with Gasteiger partial charge in [0.25, 0.3) is 11.5 Å². The Bertz CT molecular complexity index is 1460. The largest absolute Gasteiger partial charge is 0.397 e. The van der Waals surface area contributed by atoms with Crippen molar-refractivity contribution in [3.63, 3.8) is 0 Å². The monoisotopic (exact) mass is 438 g/mol. The number of rotatable bonds is 5. The van der Waals surface area contributed by atoms with Gasteiger partial charge in [0.15, 0.2) is 5.69 Å². The number of para-hydroxylation sites is 2. The Labute approximate surface area is 189 Å². The van der Waals surface area contributed by atoms with Crippen LogP contribution < -0.4 is 16.6 Å². The van der Waals surface area contributed by atoms with Gasteiger partial charge in [-0.05, 0) is 36.8 Å². The number of carbonyl (C=O) groups is 1. The van der Waals surface area contributed by atoms with E-state index >= 15 is 0 Å². The number of pyridine rings is 1. The maximum atomic E-state index is 12.7. The number of hydrogen-bond donors (Lipinski definition) is 4. The Hall–Kier alpha value is -4.46. The lowest BCUT2D eigenvalue weighted by molar-refractivity contribution is -0.117. The fraction of sp³-hybridized carbons (Fsp3) is 0.120. The first-order valence-electron chi connectivity index (χ1n) is 10.7. The Morgan fingerprint density at radius 2 is 1.97 bits per heavy atom. The molecule has 0 radical (unpaired) electrons. The molecule has 5 N–H and O–H groups in total. The fourth-order valence-corrected chi connectivity index (χ4v) is 3.90. The van der Waals surface area contributed by atoms with Crippen LogP contribution in [0.5, 0.6) is 0 Å². The number of fused-ring (bicyclic) bond motifs is 2.